The van der Waals surface area contributed by atoms with Crippen LogP contribution in [0.25, 0.3) is 0 Å². The van der Waals surface area contributed by atoms with Crippen molar-refractivity contribution in [1.29, 1.82) is 0 Å². The zero-order valence-electron chi connectivity index (χ0n) is 12.6. The standard InChI is InChI=1S/C17H19ClN2O3/c18-16-15(6-7-23-16)17(22)19-9-13-8-14(21)11-20(13)10-12-4-2-1-3-5-12/h1-7,13-14,21H,8-11H2,(H,19,22). The smallest absolute Gasteiger partial charge is 0.256 e. The first-order chi connectivity index (χ1) is 11.1. The Kier molecular flexibility index (Phi) is 5.00. The minimum atomic E-state index is -0.363. The second-order valence-corrected chi connectivity index (χ2v) is 6.12. The SMILES string of the molecule is O=C(NCC1CC(O)CN1Cc1ccccc1)c1ccoc1Cl. The van der Waals surface area contributed by atoms with Crippen molar-refractivity contribution in [3.05, 3.63) is 59.0 Å². The van der Waals surface area contributed by atoms with Gasteiger partial charge in [0.05, 0.1) is 17.9 Å². The molecule has 122 valence electrons. The quantitative estimate of drug-likeness (QED) is 0.880. The number of rotatable bonds is 5. The number of carbonyl (C=O) groups is 1. The molecule has 1 fully saturated rings. The highest BCUT2D eigenvalue weighted by Crippen LogP contribution is 2.21. The van der Waals surface area contributed by atoms with Gasteiger partial charge >= 0.3 is 0 Å². The van der Waals surface area contributed by atoms with Crippen LogP contribution in [-0.2, 0) is 6.54 Å². The lowest BCUT2D eigenvalue weighted by Gasteiger charge is -2.24. The van der Waals surface area contributed by atoms with Crippen LogP contribution in [-0.4, -0.2) is 41.1 Å². The molecule has 1 saturated heterocycles. The van der Waals surface area contributed by atoms with E-state index >= 15 is 0 Å². The third-order valence-corrected chi connectivity index (χ3v) is 4.39. The van der Waals surface area contributed by atoms with E-state index in [0.29, 0.717) is 25.1 Å². The number of amides is 1. The molecule has 0 aliphatic carbocycles. The first kappa shape index (κ1) is 16.1. The maximum absolute atomic E-state index is 12.1. The van der Waals surface area contributed by atoms with Crippen molar-refractivity contribution < 1.29 is 14.3 Å². The molecule has 1 amide bonds. The molecule has 1 aromatic carbocycles. The van der Waals surface area contributed by atoms with Gasteiger partial charge in [0.15, 0.2) is 0 Å². The number of hydrogen-bond donors (Lipinski definition) is 2. The molecule has 2 atom stereocenters. The number of carbonyl (C=O) groups excluding carboxylic acids is 1. The molecule has 2 N–H and O–H groups in total. The number of benzene rings is 1. The Morgan fingerprint density at radius 3 is 2.83 bits per heavy atom. The number of hydrogen-bond acceptors (Lipinski definition) is 4. The molecule has 1 aliphatic rings. The second kappa shape index (κ2) is 7.17. The highest BCUT2D eigenvalue weighted by Gasteiger charge is 2.31. The third kappa shape index (κ3) is 3.93. The molecule has 3 rings (SSSR count). The van der Waals surface area contributed by atoms with Crippen LogP contribution in [0.1, 0.15) is 22.3 Å². The minimum absolute atomic E-state index is 0.0927. The van der Waals surface area contributed by atoms with E-state index in [9.17, 15) is 9.90 Å². The number of nitrogens with one attached hydrogen (secondary N) is 1. The summed E-state index contributed by atoms with van der Waals surface area (Å²) in [5, 5.41) is 12.9. The van der Waals surface area contributed by atoms with E-state index in [-0.39, 0.29) is 23.3 Å². The number of aliphatic hydroxyl groups excluding tert-OH is 1. The second-order valence-electron chi connectivity index (χ2n) is 5.78. The largest absolute Gasteiger partial charge is 0.452 e. The number of nitrogens with zero attached hydrogens (tertiary/aromatic N) is 1. The third-order valence-electron chi connectivity index (χ3n) is 4.10. The van der Waals surface area contributed by atoms with Crippen LogP contribution in [0.5, 0.6) is 0 Å². The van der Waals surface area contributed by atoms with Crippen LogP contribution in [0.4, 0.5) is 0 Å². The molecule has 1 aliphatic heterocycles. The molecule has 0 radical (unpaired) electrons. The molecule has 2 heterocycles. The number of furan rings is 1. The molecule has 23 heavy (non-hydrogen) atoms. The fraction of sp³-hybridized carbons (Fsp3) is 0.353. The fourth-order valence-corrected chi connectivity index (χ4v) is 3.14. The lowest BCUT2D eigenvalue weighted by Crippen LogP contribution is -2.39. The van der Waals surface area contributed by atoms with Gasteiger partial charge < -0.3 is 14.8 Å². The normalized spacial score (nSPS) is 21.5. The van der Waals surface area contributed by atoms with E-state index < -0.39 is 0 Å². The van der Waals surface area contributed by atoms with Gasteiger partial charge in [0.25, 0.3) is 5.91 Å². The summed E-state index contributed by atoms with van der Waals surface area (Å²) in [6.07, 6.45) is 1.67. The van der Waals surface area contributed by atoms with Crippen LogP contribution in [0.2, 0.25) is 5.22 Å². The van der Waals surface area contributed by atoms with Gasteiger partial charge in [-0.3, -0.25) is 9.69 Å². The summed E-state index contributed by atoms with van der Waals surface area (Å²) < 4.78 is 4.93. The average Bonchev–Trinajstić information content (AvgIpc) is 3.12. The highest BCUT2D eigenvalue weighted by molar-refractivity contribution is 6.32. The summed E-state index contributed by atoms with van der Waals surface area (Å²) in [7, 11) is 0. The molecule has 2 unspecified atom stereocenters. The van der Waals surface area contributed by atoms with Gasteiger partial charge in [0.1, 0.15) is 0 Å². The minimum Gasteiger partial charge on any atom is -0.452 e. The summed E-state index contributed by atoms with van der Waals surface area (Å²) in [5.74, 6) is -0.259. The molecular weight excluding hydrogens is 316 g/mol. The molecular formula is C17H19ClN2O3. The van der Waals surface area contributed by atoms with E-state index in [0.717, 1.165) is 6.54 Å². The molecule has 1 aromatic heterocycles. The topological polar surface area (TPSA) is 65.7 Å². The highest BCUT2D eigenvalue weighted by atomic mass is 35.5. The molecule has 2 aromatic rings. The van der Waals surface area contributed by atoms with Crippen molar-refractivity contribution in [1.82, 2.24) is 10.2 Å². The number of likely N-dealkylation sites (tertiary alicyclic amines) is 1. The number of aliphatic hydroxyl groups is 1. The van der Waals surface area contributed by atoms with Gasteiger partial charge in [0, 0.05) is 25.7 Å². The van der Waals surface area contributed by atoms with Crippen molar-refractivity contribution in [3.8, 4) is 0 Å². The Balaban J connectivity index is 1.59. The zero-order valence-corrected chi connectivity index (χ0v) is 13.4. The summed E-state index contributed by atoms with van der Waals surface area (Å²) in [5.41, 5.74) is 1.52. The molecule has 0 bridgehead atoms. The van der Waals surface area contributed by atoms with Gasteiger partial charge in [-0.2, -0.15) is 0 Å². The van der Waals surface area contributed by atoms with E-state index in [1.165, 1.54) is 11.8 Å². The van der Waals surface area contributed by atoms with Gasteiger partial charge in [0.2, 0.25) is 5.22 Å². The summed E-state index contributed by atoms with van der Waals surface area (Å²) >= 11 is 5.81. The fourth-order valence-electron chi connectivity index (χ4n) is 2.94. The number of β-amino-alcohol motifs (C(OH)–C–C–N with tert-alkyl or cyclic N) is 1. The lowest BCUT2D eigenvalue weighted by atomic mass is 10.1. The maximum atomic E-state index is 12.1. The summed E-state index contributed by atoms with van der Waals surface area (Å²) in [6, 6.07) is 11.7. The van der Waals surface area contributed by atoms with Crippen LogP contribution in [0.15, 0.2) is 47.1 Å². The van der Waals surface area contributed by atoms with E-state index in [4.69, 9.17) is 16.0 Å². The predicted molar refractivity (Wildman–Crippen MR) is 87.3 cm³/mol. The van der Waals surface area contributed by atoms with E-state index in [1.807, 2.05) is 18.2 Å². The monoisotopic (exact) mass is 334 g/mol. The Morgan fingerprint density at radius 1 is 1.35 bits per heavy atom. The summed E-state index contributed by atoms with van der Waals surface area (Å²) in [4.78, 5) is 14.3. The van der Waals surface area contributed by atoms with Gasteiger partial charge in [-0.1, -0.05) is 30.3 Å². The van der Waals surface area contributed by atoms with Crippen LogP contribution in [0.3, 0.4) is 0 Å². The van der Waals surface area contributed by atoms with Gasteiger partial charge in [-0.15, -0.1) is 0 Å². The van der Waals surface area contributed by atoms with E-state index in [1.54, 1.807) is 6.07 Å². The molecule has 6 heteroatoms. The maximum Gasteiger partial charge on any atom is 0.256 e. The Morgan fingerprint density at radius 2 is 2.13 bits per heavy atom. The van der Waals surface area contributed by atoms with E-state index in [2.05, 4.69) is 22.3 Å². The van der Waals surface area contributed by atoms with Crippen molar-refractivity contribution >= 4 is 17.5 Å². The Labute approximate surface area is 139 Å². The van der Waals surface area contributed by atoms with Crippen molar-refractivity contribution in [2.75, 3.05) is 13.1 Å². The van der Waals surface area contributed by atoms with Crippen LogP contribution < -0.4 is 5.32 Å². The number of halogens is 1. The Hall–Kier alpha value is -1.82. The first-order valence-corrected chi connectivity index (χ1v) is 7.98. The first-order valence-electron chi connectivity index (χ1n) is 7.60. The van der Waals surface area contributed by atoms with Gasteiger partial charge in [-0.05, 0) is 29.7 Å². The zero-order chi connectivity index (χ0) is 16.2. The molecule has 0 spiro atoms. The molecule has 5 nitrogen and oxygen atoms in total. The van der Waals surface area contributed by atoms with Crippen molar-refractivity contribution in [2.45, 2.75) is 25.1 Å². The van der Waals surface area contributed by atoms with Crippen LogP contribution in [0, 0.1) is 0 Å². The Bertz CT molecular complexity index is 659. The predicted octanol–water partition coefficient (Wildman–Crippen LogP) is 2.30. The van der Waals surface area contributed by atoms with Crippen molar-refractivity contribution in [3.63, 3.8) is 0 Å². The molecule has 0 saturated carbocycles. The van der Waals surface area contributed by atoms with Gasteiger partial charge in [-0.25, -0.2) is 0 Å². The lowest BCUT2D eigenvalue weighted by molar-refractivity contribution is 0.0939. The summed E-state index contributed by atoms with van der Waals surface area (Å²) in [6.45, 7) is 1.83. The average molecular weight is 335 g/mol. The van der Waals surface area contributed by atoms with Crippen LogP contribution >= 0.6 is 11.6 Å². The van der Waals surface area contributed by atoms with Crippen molar-refractivity contribution in [2.24, 2.45) is 0 Å².